The maximum absolute atomic E-state index is 11.7. The topological polar surface area (TPSA) is 92.2 Å². The van der Waals surface area contributed by atoms with Gasteiger partial charge in [-0.25, -0.2) is 14.8 Å². The number of nitrogens with one attached hydrogen (secondary N) is 1. The van der Waals surface area contributed by atoms with Gasteiger partial charge in [-0.1, -0.05) is 13.8 Å². The normalized spacial score (nSPS) is 12.2. The van der Waals surface area contributed by atoms with E-state index in [4.69, 9.17) is 5.11 Å². The molecule has 17 heavy (non-hydrogen) atoms. The van der Waals surface area contributed by atoms with Gasteiger partial charge in [-0.15, -0.1) is 0 Å². The molecule has 0 saturated carbocycles. The molecule has 1 aromatic rings. The number of nitrogens with zero attached hydrogens (tertiary/aromatic N) is 2. The number of carboxylic acid groups (broad SMARTS) is 1. The highest BCUT2D eigenvalue weighted by Gasteiger charge is 2.24. The fraction of sp³-hybridized carbons (Fsp3) is 0.455. The molecule has 92 valence electrons. The Balaban J connectivity index is 2.77. The fourth-order valence-corrected chi connectivity index (χ4v) is 1.25. The van der Waals surface area contributed by atoms with E-state index in [2.05, 4.69) is 15.3 Å². The second kappa shape index (κ2) is 5.38. The summed E-state index contributed by atoms with van der Waals surface area (Å²) in [5.41, 5.74) is 0.252. The number of aromatic nitrogens is 2. The van der Waals surface area contributed by atoms with E-state index in [1.807, 2.05) is 0 Å². The molecule has 1 atom stereocenters. The first-order chi connectivity index (χ1) is 7.91. The molecule has 0 aliphatic carbocycles. The number of hydrogen-bond donors (Lipinski definition) is 2. The lowest BCUT2D eigenvalue weighted by Gasteiger charge is -2.17. The van der Waals surface area contributed by atoms with Gasteiger partial charge >= 0.3 is 5.97 Å². The third-order valence-corrected chi connectivity index (χ3v) is 2.26. The fourth-order valence-electron chi connectivity index (χ4n) is 1.25. The Kier molecular flexibility index (Phi) is 4.14. The van der Waals surface area contributed by atoms with Crippen LogP contribution in [0.2, 0.25) is 0 Å². The van der Waals surface area contributed by atoms with Crippen molar-refractivity contribution in [3.8, 4) is 0 Å². The van der Waals surface area contributed by atoms with Crippen molar-refractivity contribution in [2.45, 2.75) is 26.8 Å². The molecule has 1 amide bonds. The molecular weight excluding hydrogens is 222 g/mol. The molecule has 6 heteroatoms. The minimum atomic E-state index is -1.05. The van der Waals surface area contributed by atoms with Crippen LogP contribution in [0.4, 0.5) is 0 Å². The third kappa shape index (κ3) is 3.51. The summed E-state index contributed by atoms with van der Waals surface area (Å²) in [5.74, 6) is -1.17. The van der Waals surface area contributed by atoms with Crippen molar-refractivity contribution in [1.29, 1.82) is 0 Å². The summed E-state index contributed by atoms with van der Waals surface area (Å²) in [7, 11) is 0. The summed E-state index contributed by atoms with van der Waals surface area (Å²) < 4.78 is 0. The first-order valence-corrected chi connectivity index (χ1v) is 5.24. The summed E-state index contributed by atoms with van der Waals surface area (Å²) >= 11 is 0. The van der Waals surface area contributed by atoms with Crippen LogP contribution in [-0.4, -0.2) is 33.0 Å². The van der Waals surface area contributed by atoms with Gasteiger partial charge in [-0.2, -0.15) is 0 Å². The lowest BCUT2D eigenvalue weighted by Crippen LogP contribution is -2.44. The molecule has 1 rings (SSSR count). The van der Waals surface area contributed by atoms with Crippen molar-refractivity contribution in [1.82, 2.24) is 15.3 Å². The van der Waals surface area contributed by atoms with Crippen molar-refractivity contribution >= 4 is 11.9 Å². The van der Waals surface area contributed by atoms with E-state index in [0.717, 1.165) is 0 Å². The molecule has 0 fully saturated rings. The lowest BCUT2D eigenvalue weighted by molar-refractivity contribution is -0.140. The molecular formula is C11H15N3O3. The predicted molar refractivity (Wildman–Crippen MR) is 60.5 cm³/mol. The summed E-state index contributed by atoms with van der Waals surface area (Å²) in [5, 5.41) is 11.4. The molecule has 0 bridgehead atoms. The number of aryl methyl sites for hydroxylation is 1. The van der Waals surface area contributed by atoms with Crippen LogP contribution in [-0.2, 0) is 4.79 Å². The molecule has 2 N–H and O–H groups in total. The van der Waals surface area contributed by atoms with E-state index in [1.54, 1.807) is 20.8 Å². The third-order valence-electron chi connectivity index (χ3n) is 2.26. The Morgan fingerprint density at radius 1 is 1.29 bits per heavy atom. The number of amides is 1. The van der Waals surface area contributed by atoms with E-state index in [0.29, 0.717) is 5.82 Å². The smallest absolute Gasteiger partial charge is 0.326 e. The van der Waals surface area contributed by atoms with Crippen molar-refractivity contribution in [3.63, 3.8) is 0 Å². The molecule has 6 nitrogen and oxygen atoms in total. The van der Waals surface area contributed by atoms with Crippen LogP contribution < -0.4 is 5.32 Å². The molecule has 0 spiro atoms. The van der Waals surface area contributed by atoms with Gasteiger partial charge in [0.1, 0.15) is 11.9 Å². The average Bonchev–Trinajstić information content (AvgIpc) is 2.25. The summed E-state index contributed by atoms with van der Waals surface area (Å²) in [6, 6.07) is -0.913. The summed E-state index contributed by atoms with van der Waals surface area (Å²) in [6.45, 7) is 5.16. The largest absolute Gasteiger partial charge is 0.480 e. The van der Waals surface area contributed by atoms with E-state index in [-0.39, 0.29) is 11.5 Å². The van der Waals surface area contributed by atoms with Crippen molar-refractivity contribution < 1.29 is 14.7 Å². The second-order valence-electron chi connectivity index (χ2n) is 4.05. The van der Waals surface area contributed by atoms with Crippen LogP contribution in [0.3, 0.4) is 0 Å². The van der Waals surface area contributed by atoms with Gasteiger partial charge in [0.15, 0.2) is 0 Å². The predicted octanol–water partition coefficient (Wildman–Crippen LogP) is 0.624. The standard InChI is InChI=1S/C11H15N3O3/c1-6(2)9(11(16)17)14-10(15)8-4-12-7(3)13-5-8/h4-6,9H,1-3H3,(H,14,15)(H,16,17)/t9-/m0/s1. The average molecular weight is 237 g/mol. The first kappa shape index (κ1) is 13.1. The SMILES string of the molecule is Cc1ncc(C(=O)N[C@H](C(=O)O)C(C)C)cn1. The van der Waals surface area contributed by atoms with Crippen LogP contribution in [0.5, 0.6) is 0 Å². The number of hydrogen-bond acceptors (Lipinski definition) is 4. The maximum Gasteiger partial charge on any atom is 0.326 e. The van der Waals surface area contributed by atoms with Crippen molar-refractivity contribution in [2.24, 2.45) is 5.92 Å². The molecule has 0 unspecified atom stereocenters. The number of aliphatic carboxylic acids is 1. The highest BCUT2D eigenvalue weighted by molar-refractivity contribution is 5.96. The van der Waals surface area contributed by atoms with Crippen LogP contribution in [0.25, 0.3) is 0 Å². The van der Waals surface area contributed by atoms with Crippen molar-refractivity contribution in [2.75, 3.05) is 0 Å². The minimum absolute atomic E-state index is 0.192. The highest BCUT2D eigenvalue weighted by Crippen LogP contribution is 2.04. The monoisotopic (exact) mass is 237 g/mol. The van der Waals surface area contributed by atoms with Gasteiger partial charge in [-0.05, 0) is 12.8 Å². The van der Waals surface area contributed by atoms with E-state index in [9.17, 15) is 9.59 Å². The number of rotatable bonds is 4. The Morgan fingerprint density at radius 2 is 1.82 bits per heavy atom. The van der Waals surface area contributed by atoms with Gasteiger partial charge < -0.3 is 10.4 Å². The molecule has 0 radical (unpaired) electrons. The zero-order valence-corrected chi connectivity index (χ0v) is 9.97. The lowest BCUT2D eigenvalue weighted by atomic mass is 10.0. The summed E-state index contributed by atoms with van der Waals surface area (Å²) in [6.07, 6.45) is 2.74. The van der Waals surface area contributed by atoms with Gasteiger partial charge in [0.25, 0.3) is 5.91 Å². The van der Waals surface area contributed by atoms with Crippen LogP contribution in [0.15, 0.2) is 12.4 Å². The molecule has 0 aliphatic heterocycles. The number of carbonyl (C=O) groups excluding carboxylic acids is 1. The molecule has 0 aliphatic rings. The molecule has 0 aromatic carbocycles. The van der Waals surface area contributed by atoms with E-state index in [1.165, 1.54) is 12.4 Å². The minimum Gasteiger partial charge on any atom is -0.480 e. The Bertz CT molecular complexity index is 414. The van der Waals surface area contributed by atoms with Crippen molar-refractivity contribution in [3.05, 3.63) is 23.8 Å². The zero-order chi connectivity index (χ0) is 13.0. The quantitative estimate of drug-likeness (QED) is 0.801. The molecule has 1 heterocycles. The first-order valence-electron chi connectivity index (χ1n) is 5.24. The number of carbonyl (C=O) groups is 2. The molecule has 1 aromatic heterocycles. The Hall–Kier alpha value is -1.98. The van der Waals surface area contributed by atoms with Gasteiger partial charge in [0.05, 0.1) is 5.56 Å². The maximum atomic E-state index is 11.7. The van der Waals surface area contributed by atoms with E-state index >= 15 is 0 Å². The van der Waals surface area contributed by atoms with Gasteiger partial charge in [0.2, 0.25) is 0 Å². The second-order valence-corrected chi connectivity index (χ2v) is 4.05. The van der Waals surface area contributed by atoms with Crippen LogP contribution in [0.1, 0.15) is 30.0 Å². The summed E-state index contributed by atoms with van der Waals surface area (Å²) in [4.78, 5) is 30.4. The zero-order valence-electron chi connectivity index (χ0n) is 9.97. The van der Waals surface area contributed by atoms with E-state index < -0.39 is 17.9 Å². The Morgan fingerprint density at radius 3 is 2.24 bits per heavy atom. The highest BCUT2D eigenvalue weighted by atomic mass is 16.4. The van der Waals surface area contributed by atoms with Gasteiger partial charge in [-0.3, -0.25) is 4.79 Å². The van der Waals surface area contributed by atoms with Crippen LogP contribution in [0, 0.1) is 12.8 Å². The van der Waals surface area contributed by atoms with Crippen LogP contribution >= 0.6 is 0 Å². The molecule has 0 saturated heterocycles. The van der Waals surface area contributed by atoms with Gasteiger partial charge in [0, 0.05) is 12.4 Å². The Labute approximate surface area is 99.1 Å². The number of carboxylic acids is 1.